The van der Waals surface area contributed by atoms with Crippen LogP contribution in [0.1, 0.15) is 25.7 Å². The molecular weight excluding hydrogens is 366 g/mol. The Balaban J connectivity index is 1.58. The summed E-state index contributed by atoms with van der Waals surface area (Å²) in [7, 11) is -3.64. The summed E-state index contributed by atoms with van der Waals surface area (Å²) in [5, 5.41) is 3.14. The van der Waals surface area contributed by atoms with E-state index in [0.29, 0.717) is 18.2 Å². The zero-order valence-corrected chi connectivity index (χ0v) is 16.3. The van der Waals surface area contributed by atoms with Gasteiger partial charge in [-0.15, -0.1) is 0 Å². The van der Waals surface area contributed by atoms with Gasteiger partial charge in [0, 0.05) is 43.8 Å². The van der Waals surface area contributed by atoms with E-state index < -0.39 is 10.0 Å². The average Bonchev–Trinajstić information content (AvgIpc) is 3.29. The standard InChI is InChI=1S/C17H23N7O2S/c1-13(2)24-11-17(19-12-24)27(25,26)20-7-6-18-15-10-16(22-14(3)21-15)23-8-4-5-9-23/h4-5,8-13,20H,6-7H2,1-3H3,(H,18,21,22). The molecule has 0 saturated carbocycles. The molecule has 3 aromatic rings. The number of hydrogen-bond acceptors (Lipinski definition) is 6. The first-order chi connectivity index (χ1) is 12.8. The van der Waals surface area contributed by atoms with Crippen LogP contribution in [0.3, 0.4) is 0 Å². The van der Waals surface area contributed by atoms with Crippen molar-refractivity contribution in [2.45, 2.75) is 31.8 Å². The molecule has 0 fully saturated rings. The van der Waals surface area contributed by atoms with Crippen molar-refractivity contribution in [1.29, 1.82) is 0 Å². The fraction of sp³-hybridized carbons (Fsp3) is 0.353. The van der Waals surface area contributed by atoms with Gasteiger partial charge in [0.25, 0.3) is 10.0 Å². The van der Waals surface area contributed by atoms with E-state index >= 15 is 0 Å². The number of hydrogen-bond donors (Lipinski definition) is 2. The Morgan fingerprint density at radius 1 is 1.15 bits per heavy atom. The van der Waals surface area contributed by atoms with Gasteiger partial charge in [0.15, 0.2) is 5.03 Å². The second-order valence-electron chi connectivity index (χ2n) is 6.33. The predicted molar refractivity (Wildman–Crippen MR) is 102 cm³/mol. The molecule has 3 heterocycles. The van der Waals surface area contributed by atoms with Crippen molar-refractivity contribution in [2.24, 2.45) is 0 Å². The van der Waals surface area contributed by atoms with E-state index in [2.05, 4.69) is 25.0 Å². The molecule has 3 rings (SSSR count). The molecule has 0 aliphatic carbocycles. The SMILES string of the molecule is Cc1nc(NCCNS(=O)(=O)c2cn(C(C)C)cn2)cc(-n2cccc2)n1. The summed E-state index contributed by atoms with van der Waals surface area (Å²) >= 11 is 0. The van der Waals surface area contributed by atoms with Crippen LogP contribution >= 0.6 is 0 Å². The summed E-state index contributed by atoms with van der Waals surface area (Å²) in [5.41, 5.74) is 0. The van der Waals surface area contributed by atoms with Crippen LogP contribution in [-0.2, 0) is 10.0 Å². The van der Waals surface area contributed by atoms with Gasteiger partial charge in [-0.3, -0.25) is 0 Å². The number of aromatic nitrogens is 5. The van der Waals surface area contributed by atoms with Gasteiger partial charge in [-0.2, -0.15) is 0 Å². The predicted octanol–water partition coefficient (Wildman–Crippen LogP) is 1.74. The van der Waals surface area contributed by atoms with Gasteiger partial charge >= 0.3 is 0 Å². The minimum atomic E-state index is -3.64. The minimum absolute atomic E-state index is 0.0176. The topological polar surface area (TPSA) is 107 Å². The monoisotopic (exact) mass is 389 g/mol. The van der Waals surface area contributed by atoms with Crippen molar-refractivity contribution in [1.82, 2.24) is 28.8 Å². The normalized spacial score (nSPS) is 11.9. The Morgan fingerprint density at radius 2 is 1.89 bits per heavy atom. The van der Waals surface area contributed by atoms with E-state index in [0.717, 1.165) is 5.82 Å². The third kappa shape index (κ3) is 4.72. The Kier molecular flexibility index (Phi) is 5.57. The molecule has 0 amide bonds. The minimum Gasteiger partial charge on any atom is -0.369 e. The second kappa shape index (κ2) is 7.89. The Labute approximate surface area is 158 Å². The summed E-state index contributed by atoms with van der Waals surface area (Å²) < 4.78 is 30.8. The number of aryl methyl sites for hydroxylation is 1. The van der Waals surface area contributed by atoms with Crippen molar-refractivity contribution in [3.05, 3.63) is 48.9 Å². The molecule has 0 aromatic carbocycles. The third-order valence-electron chi connectivity index (χ3n) is 3.87. The number of rotatable bonds is 8. The molecule has 0 atom stereocenters. The number of imidazole rings is 1. The molecule has 2 N–H and O–H groups in total. The largest absolute Gasteiger partial charge is 0.369 e. The highest BCUT2D eigenvalue weighted by Crippen LogP contribution is 2.12. The van der Waals surface area contributed by atoms with E-state index in [9.17, 15) is 8.42 Å². The van der Waals surface area contributed by atoms with E-state index in [1.54, 1.807) is 4.57 Å². The molecule has 0 bridgehead atoms. The van der Waals surface area contributed by atoms with E-state index in [-0.39, 0.29) is 17.6 Å². The van der Waals surface area contributed by atoms with Crippen molar-refractivity contribution in [3.8, 4) is 5.82 Å². The number of anilines is 1. The lowest BCUT2D eigenvalue weighted by atomic mass is 10.4. The molecule has 10 heteroatoms. The molecule has 0 unspecified atom stereocenters. The van der Waals surface area contributed by atoms with Gasteiger partial charge in [0.1, 0.15) is 17.5 Å². The first-order valence-electron chi connectivity index (χ1n) is 8.61. The smallest absolute Gasteiger partial charge is 0.259 e. The summed E-state index contributed by atoms with van der Waals surface area (Å²) in [4.78, 5) is 12.7. The molecule has 0 spiro atoms. The third-order valence-corrected chi connectivity index (χ3v) is 5.21. The number of nitrogens with one attached hydrogen (secondary N) is 2. The summed E-state index contributed by atoms with van der Waals surface area (Å²) in [6, 6.07) is 5.80. The first-order valence-corrected chi connectivity index (χ1v) is 10.1. The molecule has 0 aliphatic heterocycles. The lowest BCUT2D eigenvalue weighted by molar-refractivity contribution is 0.577. The van der Waals surface area contributed by atoms with Gasteiger partial charge in [0.2, 0.25) is 0 Å². The molecule has 0 saturated heterocycles. The highest BCUT2D eigenvalue weighted by atomic mass is 32.2. The first kappa shape index (κ1) is 19.1. The maximum atomic E-state index is 12.3. The van der Waals surface area contributed by atoms with Crippen LogP contribution in [-0.4, -0.2) is 45.6 Å². The van der Waals surface area contributed by atoms with E-state index in [4.69, 9.17) is 0 Å². The lowest BCUT2D eigenvalue weighted by Gasteiger charge is -2.10. The molecule has 144 valence electrons. The molecule has 0 aliphatic rings. The summed E-state index contributed by atoms with van der Waals surface area (Å²) in [5.74, 6) is 2.01. The highest BCUT2D eigenvalue weighted by molar-refractivity contribution is 7.89. The van der Waals surface area contributed by atoms with Crippen LogP contribution in [0.2, 0.25) is 0 Å². The molecule has 0 radical (unpaired) electrons. The highest BCUT2D eigenvalue weighted by Gasteiger charge is 2.17. The van der Waals surface area contributed by atoms with E-state index in [1.165, 1.54) is 12.5 Å². The van der Waals surface area contributed by atoms with Crippen LogP contribution in [0.15, 0.2) is 48.1 Å². The quantitative estimate of drug-likeness (QED) is 0.569. The van der Waals surface area contributed by atoms with Crippen LogP contribution in [0.4, 0.5) is 5.82 Å². The number of sulfonamides is 1. The maximum absolute atomic E-state index is 12.3. The average molecular weight is 389 g/mol. The van der Waals surface area contributed by atoms with Crippen molar-refractivity contribution in [2.75, 3.05) is 18.4 Å². The van der Waals surface area contributed by atoms with Crippen LogP contribution < -0.4 is 10.0 Å². The zero-order valence-electron chi connectivity index (χ0n) is 15.5. The fourth-order valence-corrected chi connectivity index (χ4v) is 3.42. The van der Waals surface area contributed by atoms with Crippen molar-refractivity contribution in [3.63, 3.8) is 0 Å². The van der Waals surface area contributed by atoms with Gasteiger partial charge in [0.05, 0.1) is 6.33 Å². The van der Waals surface area contributed by atoms with Gasteiger partial charge in [-0.1, -0.05) is 0 Å². The summed E-state index contributed by atoms with van der Waals surface area (Å²) in [6.45, 7) is 6.32. The molecule has 9 nitrogen and oxygen atoms in total. The number of nitrogens with zero attached hydrogens (tertiary/aromatic N) is 5. The Bertz CT molecular complexity index is 994. The summed E-state index contributed by atoms with van der Waals surface area (Å²) in [6.07, 6.45) is 6.84. The Morgan fingerprint density at radius 3 is 2.56 bits per heavy atom. The van der Waals surface area contributed by atoms with Crippen LogP contribution in [0.5, 0.6) is 0 Å². The Hall–Kier alpha value is -2.72. The van der Waals surface area contributed by atoms with Crippen LogP contribution in [0.25, 0.3) is 5.82 Å². The van der Waals surface area contributed by atoms with Crippen molar-refractivity contribution >= 4 is 15.8 Å². The molecule has 27 heavy (non-hydrogen) atoms. The van der Waals surface area contributed by atoms with Gasteiger partial charge < -0.3 is 14.5 Å². The zero-order chi connectivity index (χ0) is 19.4. The van der Waals surface area contributed by atoms with Gasteiger partial charge in [-0.25, -0.2) is 28.1 Å². The van der Waals surface area contributed by atoms with Crippen LogP contribution in [0, 0.1) is 6.92 Å². The van der Waals surface area contributed by atoms with Gasteiger partial charge in [-0.05, 0) is 32.9 Å². The van der Waals surface area contributed by atoms with Crippen molar-refractivity contribution < 1.29 is 8.42 Å². The fourth-order valence-electron chi connectivity index (χ4n) is 2.45. The second-order valence-corrected chi connectivity index (χ2v) is 8.04. The molecule has 3 aromatic heterocycles. The maximum Gasteiger partial charge on any atom is 0.259 e. The molecular formula is C17H23N7O2S. The lowest BCUT2D eigenvalue weighted by Crippen LogP contribution is -2.29. The van der Waals surface area contributed by atoms with E-state index in [1.807, 2.05) is 55.9 Å².